The van der Waals surface area contributed by atoms with Gasteiger partial charge in [-0.05, 0) is 50.8 Å². The molecular weight excluding hydrogens is 246 g/mol. The Bertz CT molecular complexity index is 470. The van der Waals surface area contributed by atoms with Crippen LogP contribution in [0, 0.1) is 0 Å². The van der Waals surface area contributed by atoms with Gasteiger partial charge in [-0.3, -0.25) is 0 Å². The molecular formula is C14H23NO2S. The summed E-state index contributed by atoms with van der Waals surface area (Å²) in [5.41, 5.74) is 6.95. The first-order chi connectivity index (χ1) is 8.24. The highest BCUT2D eigenvalue weighted by Crippen LogP contribution is 2.15. The van der Waals surface area contributed by atoms with Crippen LogP contribution in [0.1, 0.15) is 39.2 Å². The molecule has 0 aliphatic heterocycles. The molecule has 1 aromatic carbocycles. The van der Waals surface area contributed by atoms with Gasteiger partial charge >= 0.3 is 0 Å². The van der Waals surface area contributed by atoms with E-state index in [1.54, 1.807) is 19.1 Å². The lowest BCUT2D eigenvalue weighted by Crippen LogP contribution is -2.31. The van der Waals surface area contributed by atoms with Crippen LogP contribution >= 0.6 is 0 Å². The predicted octanol–water partition coefficient (Wildman–Crippen LogP) is 2.54. The molecule has 0 spiro atoms. The van der Waals surface area contributed by atoms with Gasteiger partial charge in [0, 0.05) is 5.54 Å². The molecule has 2 N–H and O–H groups in total. The number of rotatable bonds is 6. The van der Waals surface area contributed by atoms with E-state index in [1.165, 1.54) is 0 Å². The maximum Gasteiger partial charge on any atom is 0.178 e. The van der Waals surface area contributed by atoms with Gasteiger partial charge in [0.15, 0.2) is 9.84 Å². The van der Waals surface area contributed by atoms with E-state index in [1.807, 2.05) is 26.0 Å². The lowest BCUT2D eigenvalue weighted by Gasteiger charge is -2.17. The van der Waals surface area contributed by atoms with Crippen LogP contribution in [-0.4, -0.2) is 19.7 Å². The van der Waals surface area contributed by atoms with Gasteiger partial charge in [-0.1, -0.05) is 19.1 Å². The van der Waals surface area contributed by atoms with Gasteiger partial charge in [-0.25, -0.2) is 8.42 Å². The molecule has 102 valence electrons. The van der Waals surface area contributed by atoms with Crippen molar-refractivity contribution in [2.24, 2.45) is 5.73 Å². The summed E-state index contributed by atoms with van der Waals surface area (Å²) in [6, 6.07) is 7.18. The summed E-state index contributed by atoms with van der Waals surface area (Å²) in [6.45, 7) is 5.69. The first-order valence-electron chi connectivity index (χ1n) is 6.35. The smallest absolute Gasteiger partial charge is 0.178 e. The van der Waals surface area contributed by atoms with Crippen LogP contribution < -0.4 is 5.73 Å². The second-order valence-electron chi connectivity index (χ2n) is 5.39. The lowest BCUT2D eigenvalue weighted by molar-refractivity contribution is 0.459. The van der Waals surface area contributed by atoms with Gasteiger partial charge in [-0.15, -0.1) is 0 Å². The van der Waals surface area contributed by atoms with E-state index in [-0.39, 0.29) is 11.3 Å². The van der Waals surface area contributed by atoms with E-state index in [0.717, 1.165) is 24.8 Å². The van der Waals surface area contributed by atoms with Crippen LogP contribution in [0.25, 0.3) is 0 Å². The second-order valence-corrected chi connectivity index (χ2v) is 7.67. The highest BCUT2D eigenvalue weighted by molar-refractivity contribution is 7.91. The normalized spacial score (nSPS) is 12.7. The molecule has 18 heavy (non-hydrogen) atoms. The highest BCUT2D eigenvalue weighted by atomic mass is 32.2. The average Bonchev–Trinajstić information content (AvgIpc) is 2.28. The van der Waals surface area contributed by atoms with Crippen molar-refractivity contribution in [2.45, 2.75) is 50.5 Å². The molecule has 1 rings (SSSR count). The number of sulfone groups is 1. The maximum atomic E-state index is 11.6. The molecule has 0 amide bonds. The van der Waals surface area contributed by atoms with E-state index in [0.29, 0.717) is 4.90 Å². The van der Waals surface area contributed by atoms with E-state index >= 15 is 0 Å². The van der Waals surface area contributed by atoms with Crippen LogP contribution in [0.5, 0.6) is 0 Å². The molecule has 0 aromatic heterocycles. The minimum absolute atomic E-state index is 0.133. The number of nitrogens with two attached hydrogens (primary N) is 1. The van der Waals surface area contributed by atoms with E-state index in [4.69, 9.17) is 5.73 Å². The van der Waals surface area contributed by atoms with Gasteiger partial charge in [-0.2, -0.15) is 0 Å². The molecule has 0 atom stereocenters. The molecule has 3 nitrogen and oxygen atoms in total. The Hall–Kier alpha value is -0.870. The first kappa shape index (κ1) is 15.2. The van der Waals surface area contributed by atoms with Crippen molar-refractivity contribution in [2.75, 3.05) is 5.75 Å². The van der Waals surface area contributed by atoms with Crippen LogP contribution in [0.3, 0.4) is 0 Å². The van der Waals surface area contributed by atoms with Crippen molar-refractivity contribution in [3.8, 4) is 0 Å². The van der Waals surface area contributed by atoms with Crippen molar-refractivity contribution in [1.29, 1.82) is 0 Å². The fourth-order valence-corrected chi connectivity index (χ4v) is 2.66. The molecule has 0 saturated heterocycles. The topological polar surface area (TPSA) is 60.2 Å². The van der Waals surface area contributed by atoms with Crippen molar-refractivity contribution in [1.82, 2.24) is 0 Å². The van der Waals surface area contributed by atoms with Crippen LogP contribution in [0.15, 0.2) is 29.2 Å². The number of aryl methyl sites for hydroxylation is 1. The fraction of sp³-hybridized carbons (Fsp3) is 0.571. The Kier molecular flexibility index (Phi) is 4.93. The van der Waals surface area contributed by atoms with Crippen LogP contribution in [0.4, 0.5) is 0 Å². The molecule has 0 saturated carbocycles. The summed E-state index contributed by atoms with van der Waals surface area (Å²) in [5, 5.41) is 0. The van der Waals surface area contributed by atoms with Gasteiger partial charge in [0.25, 0.3) is 0 Å². The minimum atomic E-state index is -3.08. The monoisotopic (exact) mass is 269 g/mol. The molecule has 0 heterocycles. The molecule has 0 unspecified atom stereocenters. The summed E-state index contributed by atoms with van der Waals surface area (Å²) in [7, 11) is -3.08. The third kappa shape index (κ3) is 4.78. The van der Waals surface area contributed by atoms with E-state index in [2.05, 4.69) is 0 Å². The van der Waals surface area contributed by atoms with Gasteiger partial charge in [0.1, 0.15) is 0 Å². The quantitative estimate of drug-likeness (QED) is 0.863. The zero-order valence-corrected chi connectivity index (χ0v) is 12.3. The molecule has 0 radical (unpaired) electrons. The van der Waals surface area contributed by atoms with Crippen molar-refractivity contribution in [3.05, 3.63) is 29.8 Å². The average molecular weight is 269 g/mol. The molecule has 0 aliphatic rings. The zero-order chi connectivity index (χ0) is 13.8. The standard InChI is InChI=1S/C14H23NO2S/c1-4-18(16,17)13-9-7-12(8-10-13)6-5-11-14(2,3)15/h7-10H,4-6,11,15H2,1-3H3. The second kappa shape index (κ2) is 5.85. The van der Waals surface area contributed by atoms with Gasteiger partial charge in [0.2, 0.25) is 0 Å². The Morgan fingerprint density at radius 2 is 1.72 bits per heavy atom. The highest BCUT2D eigenvalue weighted by Gasteiger charge is 2.12. The summed E-state index contributed by atoms with van der Waals surface area (Å²) in [4.78, 5) is 0.410. The van der Waals surface area contributed by atoms with Crippen molar-refractivity contribution < 1.29 is 8.42 Å². The third-order valence-electron chi connectivity index (χ3n) is 2.95. The van der Waals surface area contributed by atoms with Crippen LogP contribution in [0.2, 0.25) is 0 Å². The van der Waals surface area contributed by atoms with E-state index in [9.17, 15) is 8.42 Å². The van der Waals surface area contributed by atoms with E-state index < -0.39 is 9.84 Å². The Morgan fingerprint density at radius 1 is 1.17 bits per heavy atom. The number of hydrogen-bond acceptors (Lipinski definition) is 3. The van der Waals surface area contributed by atoms with Gasteiger partial charge < -0.3 is 5.73 Å². The minimum Gasteiger partial charge on any atom is -0.326 e. The van der Waals surface area contributed by atoms with Gasteiger partial charge in [0.05, 0.1) is 10.6 Å². The Balaban J connectivity index is 2.62. The Morgan fingerprint density at radius 3 is 2.17 bits per heavy atom. The summed E-state index contributed by atoms with van der Waals surface area (Å²) in [5.74, 6) is 0.147. The zero-order valence-electron chi connectivity index (χ0n) is 11.4. The molecule has 0 fully saturated rings. The van der Waals surface area contributed by atoms with Crippen molar-refractivity contribution in [3.63, 3.8) is 0 Å². The molecule has 0 aliphatic carbocycles. The predicted molar refractivity (Wildman–Crippen MR) is 75.4 cm³/mol. The maximum absolute atomic E-state index is 11.6. The number of benzene rings is 1. The fourth-order valence-electron chi connectivity index (χ4n) is 1.78. The third-order valence-corrected chi connectivity index (χ3v) is 4.70. The SMILES string of the molecule is CCS(=O)(=O)c1ccc(CCCC(C)(C)N)cc1. The lowest BCUT2D eigenvalue weighted by atomic mass is 9.97. The molecule has 4 heteroatoms. The molecule has 0 bridgehead atoms. The summed E-state index contributed by atoms with van der Waals surface area (Å²) >= 11 is 0. The van der Waals surface area contributed by atoms with Crippen LogP contribution in [-0.2, 0) is 16.3 Å². The summed E-state index contributed by atoms with van der Waals surface area (Å²) < 4.78 is 23.3. The summed E-state index contributed by atoms with van der Waals surface area (Å²) in [6.07, 6.45) is 2.92. The largest absolute Gasteiger partial charge is 0.326 e. The Labute approximate surface area is 110 Å². The van der Waals surface area contributed by atoms with Crippen molar-refractivity contribution >= 4 is 9.84 Å². The first-order valence-corrected chi connectivity index (χ1v) is 8.00. The molecule has 1 aromatic rings. The number of hydrogen-bond donors (Lipinski definition) is 1.